The Kier molecular flexibility index (Phi) is 4.25. The molecule has 2 heterocycles. The predicted molar refractivity (Wildman–Crippen MR) is 74.8 cm³/mol. The molecule has 1 aromatic heterocycles. The van der Waals surface area contributed by atoms with Gasteiger partial charge in [0, 0.05) is 25.4 Å². The quantitative estimate of drug-likeness (QED) is 0.854. The summed E-state index contributed by atoms with van der Waals surface area (Å²) in [6.45, 7) is 1.48. The second-order valence-electron chi connectivity index (χ2n) is 5.53. The van der Waals surface area contributed by atoms with E-state index in [9.17, 15) is 9.90 Å². The number of pyridine rings is 1. The van der Waals surface area contributed by atoms with E-state index < -0.39 is 5.60 Å². The van der Waals surface area contributed by atoms with E-state index in [0.29, 0.717) is 37.5 Å². The van der Waals surface area contributed by atoms with Gasteiger partial charge in [0.15, 0.2) is 0 Å². The van der Waals surface area contributed by atoms with E-state index in [2.05, 4.69) is 4.98 Å². The lowest BCUT2D eigenvalue weighted by Gasteiger charge is -2.26. The van der Waals surface area contributed by atoms with E-state index in [1.54, 1.807) is 17.0 Å². The first-order valence-corrected chi connectivity index (χ1v) is 6.60. The highest BCUT2D eigenvalue weighted by Crippen LogP contribution is 2.23. The van der Waals surface area contributed by atoms with Crippen molar-refractivity contribution in [3.63, 3.8) is 0 Å². The van der Waals surface area contributed by atoms with E-state index in [1.165, 1.54) is 13.3 Å². The van der Waals surface area contributed by atoms with Gasteiger partial charge in [-0.25, -0.2) is 4.98 Å². The number of ether oxygens (including phenoxy) is 1. The summed E-state index contributed by atoms with van der Waals surface area (Å²) in [7, 11) is 5.36. The number of hydrogen-bond donors (Lipinski definition) is 1. The van der Waals surface area contributed by atoms with Crippen LogP contribution < -0.4 is 4.74 Å². The topological polar surface area (TPSA) is 65.9 Å². The van der Waals surface area contributed by atoms with E-state index >= 15 is 0 Å². The summed E-state index contributed by atoms with van der Waals surface area (Å²) in [5, 5.41) is 10.4. The molecule has 1 aromatic rings. The summed E-state index contributed by atoms with van der Waals surface area (Å²) in [5.74, 6) is 0.377. The van der Waals surface area contributed by atoms with Crippen LogP contribution in [0.5, 0.6) is 5.88 Å². The number of carbonyl (C=O) groups excluding carboxylic acids is 1. The van der Waals surface area contributed by atoms with Gasteiger partial charge in [0.1, 0.15) is 0 Å². The van der Waals surface area contributed by atoms with E-state index in [-0.39, 0.29) is 5.91 Å². The number of rotatable bonds is 4. The second kappa shape index (κ2) is 5.76. The summed E-state index contributed by atoms with van der Waals surface area (Å²) in [6, 6.07) is 3.35. The first-order chi connectivity index (χ1) is 9.43. The zero-order valence-electron chi connectivity index (χ0n) is 12.2. The molecule has 1 saturated heterocycles. The maximum atomic E-state index is 12.3. The summed E-state index contributed by atoms with van der Waals surface area (Å²) >= 11 is 0. The Morgan fingerprint density at radius 1 is 1.55 bits per heavy atom. The van der Waals surface area contributed by atoms with Crippen molar-refractivity contribution in [2.24, 2.45) is 0 Å². The number of amides is 1. The van der Waals surface area contributed by atoms with Gasteiger partial charge >= 0.3 is 0 Å². The number of β-amino-alcohol motifs (C(OH)–C–C–N with tert-alkyl or cyclic N) is 1. The van der Waals surface area contributed by atoms with Crippen LogP contribution in [0.25, 0.3) is 0 Å². The van der Waals surface area contributed by atoms with Crippen LogP contribution >= 0.6 is 0 Å². The molecule has 0 saturated carbocycles. The first kappa shape index (κ1) is 14.7. The highest BCUT2D eigenvalue weighted by molar-refractivity contribution is 5.94. The molecular formula is C14H21N3O3. The van der Waals surface area contributed by atoms with E-state index in [0.717, 1.165) is 0 Å². The Morgan fingerprint density at radius 3 is 2.85 bits per heavy atom. The van der Waals surface area contributed by atoms with Gasteiger partial charge < -0.3 is 19.6 Å². The molecule has 6 nitrogen and oxygen atoms in total. The normalized spacial score (nSPS) is 22.4. The molecule has 1 aliphatic rings. The van der Waals surface area contributed by atoms with Gasteiger partial charge in [-0.1, -0.05) is 0 Å². The van der Waals surface area contributed by atoms with Gasteiger partial charge in [-0.3, -0.25) is 4.79 Å². The summed E-state index contributed by atoms with van der Waals surface area (Å²) in [6.07, 6.45) is 2.10. The van der Waals surface area contributed by atoms with Crippen LogP contribution in [0.15, 0.2) is 18.3 Å². The van der Waals surface area contributed by atoms with Crippen LogP contribution in [0.1, 0.15) is 16.8 Å². The van der Waals surface area contributed by atoms with Crippen molar-refractivity contribution < 1.29 is 14.6 Å². The molecular weight excluding hydrogens is 258 g/mol. The molecule has 20 heavy (non-hydrogen) atoms. The van der Waals surface area contributed by atoms with Crippen molar-refractivity contribution in [3.05, 3.63) is 23.9 Å². The summed E-state index contributed by atoms with van der Waals surface area (Å²) < 4.78 is 4.97. The molecule has 0 unspecified atom stereocenters. The minimum absolute atomic E-state index is 0.102. The lowest BCUT2D eigenvalue weighted by atomic mass is 10.0. The molecule has 1 N–H and O–H groups in total. The van der Waals surface area contributed by atoms with Crippen LogP contribution in [0, 0.1) is 0 Å². The van der Waals surface area contributed by atoms with Gasteiger partial charge in [0.25, 0.3) is 5.91 Å². The third-order valence-corrected chi connectivity index (χ3v) is 3.42. The average molecular weight is 279 g/mol. The van der Waals surface area contributed by atoms with Crippen molar-refractivity contribution in [2.75, 3.05) is 40.8 Å². The number of methoxy groups -OCH3 is 1. The van der Waals surface area contributed by atoms with Crippen molar-refractivity contribution in [1.29, 1.82) is 0 Å². The minimum Gasteiger partial charge on any atom is -0.481 e. The Labute approximate surface area is 119 Å². The van der Waals surface area contributed by atoms with E-state index in [1.807, 2.05) is 19.0 Å². The van der Waals surface area contributed by atoms with Crippen LogP contribution in [-0.2, 0) is 0 Å². The number of carbonyl (C=O) groups is 1. The van der Waals surface area contributed by atoms with Crippen LogP contribution in [-0.4, -0.2) is 72.2 Å². The Bertz CT molecular complexity index is 475. The van der Waals surface area contributed by atoms with Crippen molar-refractivity contribution >= 4 is 5.91 Å². The fraction of sp³-hybridized carbons (Fsp3) is 0.571. The van der Waals surface area contributed by atoms with E-state index in [4.69, 9.17) is 4.74 Å². The second-order valence-corrected chi connectivity index (χ2v) is 5.53. The molecule has 0 bridgehead atoms. The molecule has 110 valence electrons. The third-order valence-electron chi connectivity index (χ3n) is 3.42. The Balaban J connectivity index is 2.03. The number of hydrogen-bond acceptors (Lipinski definition) is 5. The molecule has 1 fully saturated rings. The largest absolute Gasteiger partial charge is 0.481 e. The molecule has 0 radical (unpaired) electrons. The van der Waals surface area contributed by atoms with Gasteiger partial charge in [-0.2, -0.15) is 0 Å². The molecule has 1 amide bonds. The van der Waals surface area contributed by atoms with Gasteiger partial charge in [-0.15, -0.1) is 0 Å². The summed E-state index contributed by atoms with van der Waals surface area (Å²) in [5.41, 5.74) is -0.307. The van der Waals surface area contributed by atoms with Crippen LogP contribution in [0.4, 0.5) is 0 Å². The first-order valence-electron chi connectivity index (χ1n) is 6.60. The lowest BCUT2D eigenvalue weighted by Crippen LogP contribution is -2.43. The molecule has 1 atom stereocenters. The van der Waals surface area contributed by atoms with Gasteiger partial charge in [-0.05, 0) is 26.6 Å². The molecule has 2 rings (SSSR count). The minimum atomic E-state index is -0.820. The number of aliphatic hydroxyl groups is 1. The molecule has 1 aliphatic heterocycles. The molecule has 0 aromatic carbocycles. The fourth-order valence-electron chi connectivity index (χ4n) is 2.56. The number of nitrogens with zero attached hydrogens (tertiary/aromatic N) is 3. The van der Waals surface area contributed by atoms with Gasteiger partial charge in [0.2, 0.25) is 5.88 Å². The number of aromatic nitrogens is 1. The fourth-order valence-corrected chi connectivity index (χ4v) is 2.56. The Hall–Kier alpha value is -1.66. The Morgan fingerprint density at radius 2 is 2.30 bits per heavy atom. The highest BCUT2D eigenvalue weighted by Gasteiger charge is 2.38. The molecule has 6 heteroatoms. The maximum Gasteiger partial charge on any atom is 0.255 e. The van der Waals surface area contributed by atoms with Crippen LogP contribution in [0.2, 0.25) is 0 Å². The average Bonchev–Trinajstić information content (AvgIpc) is 2.79. The molecule has 0 spiro atoms. The third kappa shape index (κ3) is 3.26. The zero-order chi connectivity index (χ0) is 14.8. The lowest BCUT2D eigenvalue weighted by molar-refractivity contribution is 0.0236. The van der Waals surface area contributed by atoms with Crippen LogP contribution in [0.3, 0.4) is 0 Å². The molecule has 0 aliphatic carbocycles. The van der Waals surface area contributed by atoms with Crippen molar-refractivity contribution in [3.8, 4) is 5.88 Å². The standard InChI is InChI=1S/C14H21N3O3/c1-16(2)9-14(19)6-7-17(10-14)13(18)11-4-5-12(20-3)15-8-11/h4-5,8,19H,6-7,9-10H2,1-3H3/t14-/m0/s1. The van der Waals surface area contributed by atoms with Crippen molar-refractivity contribution in [1.82, 2.24) is 14.8 Å². The smallest absolute Gasteiger partial charge is 0.255 e. The summed E-state index contributed by atoms with van der Waals surface area (Å²) in [4.78, 5) is 20.0. The zero-order valence-corrected chi connectivity index (χ0v) is 12.2. The van der Waals surface area contributed by atoms with Gasteiger partial charge in [0.05, 0.1) is 24.8 Å². The highest BCUT2D eigenvalue weighted by atomic mass is 16.5. The maximum absolute atomic E-state index is 12.3. The number of likely N-dealkylation sites (tertiary alicyclic amines) is 1. The van der Waals surface area contributed by atoms with Crippen molar-refractivity contribution in [2.45, 2.75) is 12.0 Å². The monoisotopic (exact) mass is 279 g/mol. The SMILES string of the molecule is COc1ccc(C(=O)N2CC[C@](O)(CN(C)C)C2)cn1. The number of likely N-dealkylation sites (N-methyl/N-ethyl adjacent to an activating group) is 1. The predicted octanol–water partition coefficient (Wildman–Crippen LogP) is 0.229.